The molecule has 7 nitrogen and oxygen atoms in total. The molecule has 2 atom stereocenters. The monoisotopic (exact) mass is 345 g/mol. The van der Waals surface area contributed by atoms with Crippen molar-refractivity contribution in [2.24, 2.45) is 0 Å². The Balaban J connectivity index is 2.77. The van der Waals surface area contributed by atoms with Crippen molar-refractivity contribution in [2.45, 2.75) is 34.3 Å². The molecule has 0 radical (unpaired) electrons. The molecule has 0 spiro atoms. The average Bonchev–Trinajstić information content (AvgIpc) is 2.49. The molecule has 2 N–H and O–H groups in total. The van der Waals surface area contributed by atoms with Gasteiger partial charge in [-0.3, -0.25) is 19.3 Å². The topological polar surface area (TPSA) is 89.5 Å². The van der Waals surface area contributed by atoms with Gasteiger partial charge in [-0.2, -0.15) is 0 Å². The Bertz CT molecular complexity index is 471. The molecule has 2 unspecified atom stereocenters. The van der Waals surface area contributed by atoms with E-state index < -0.39 is 0 Å². The molecular weight excluding hydrogens is 326 g/mol. The number of nitrogens with zero attached hydrogens (tertiary/aromatic N) is 1. The molecule has 0 saturated heterocycles. The number of aromatic nitrogens is 1. The van der Waals surface area contributed by atoms with Gasteiger partial charge in [-0.1, -0.05) is 11.8 Å². The molecule has 0 aliphatic rings. The molecule has 1 aromatic rings. The molecule has 1 aromatic heterocycles. The summed E-state index contributed by atoms with van der Waals surface area (Å²) in [5.41, 5.74) is 4.58. The number of carbonyl (C=O) groups excluding carboxylic acids is 2. The van der Waals surface area contributed by atoms with Crippen LogP contribution in [0.5, 0.6) is 0 Å². The van der Waals surface area contributed by atoms with Gasteiger partial charge in [-0.05, 0) is 26.0 Å². The lowest BCUT2D eigenvalue weighted by Crippen LogP contribution is -2.30. The maximum Gasteiger partial charge on any atom is 0.256 e. The van der Waals surface area contributed by atoms with Crippen molar-refractivity contribution in [1.82, 2.24) is 15.9 Å². The van der Waals surface area contributed by atoms with Crippen LogP contribution >= 0.6 is 23.5 Å². The summed E-state index contributed by atoms with van der Waals surface area (Å²) < 4.78 is 0. The second-order valence-corrected chi connectivity index (χ2v) is 6.88. The number of pyridine rings is 1. The number of hydrogen-bond acceptors (Lipinski definition) is 7. The van der Waals surface area contributed by atoms with E-state index in [0.717, 1.165) is 4.90 Å². The average molecular weight is 345 g/mol. The van der Waals surface area contributed by atoms with E-state index in [1.54, 1.807) is 26.1 Å². The molecule has 22 heavy (non-hydrogen) atoms. The van der Waals surface area contributed by atoms with Gasteiger partial charge in [0, 0.05) is 11.1 Å². The van der Waals surface area contributed by atoms with Gasteiger partial charge in [-0.15, -0.1) is 11.8 Å². The summed E-state index contributed by atoms with van der Waals surface area (Å²) in [7, 11) is 2.77. The summed E-state index contributed by atoms with van der Waals surface area (Å²) in [6.07, 6.45) is 1.65. The van der Waals surface area contributed by atoms with Crippen LogP contribution in [-0.2, 0) is 19.3 Å². The minimum atomic E-state index is -0.377. The standard InChI is InChI=1S/C13H19N3O4S2/c1-8(11(17)15-19-3)21-10-6-5-7-14-13(10)22-9(2)12(18)16-20-4/h5-9H,1-4H3,(H,15,17)(H,16,18). The van der Waals surface area contributed by atoms with Crippen LogP contribution in [-0.4, -0.2) is 41.5 Å². The second-order valence-electron chi connectivity index (χ2n) is 4.17. The van der Waals surface area contributed by atoms with E-state index in [9.17, 15) is 9.59 Å². The van der Waals surface area contributed by atoms with E-state index in [1.807, 2.05) is 6.07 Å². The molecule has 0 aromatic carbocycles. The lowest BCUT2D eigenvalue weighted by atomic mass is 10.5. The highest BCUT2D eigenvalue weighted by Crippen LogP contribution is 2.33. The molecule has 122 valence electrons. The quantitative estimate of drug-likeness (QED) is 0.544. The van der Waals surface area contributed by atoms with Gasteiger partial charge in [0.15, 0.2) is 0 Å². The summed E-state index contributed by atoms with van der Waals surface area (Å²) in [5.74, 6) is -0.489. The first-order valence-corrected chi connectivity index (χ1v) is 8.19. The third-order valence-electron chi connectivity index (χ3n) is 2.47. The molecule has 0 saturated carbocycles. The summed E-state index contributed by atoms with van der Waals surface area (Å²) in [5, 5.41) is -0.0489. The Kier molecular flexibility index (Phi) is 8.25. The van der Waals surface area contributed by atoms with E-state index in [0.29, 0.717) is 5.03 Å². The smallest absolute Gasteiger partial charge is 0.256 e. The van der Waals surface area contributed by atoms with Crippen molar-refractivity contribution in [3.05, 3.63) is 18.3 Å². The highest BCUT2D eigenvalue weighted by molar-refractivity contribution is 8.03. The molecule has 2 amide bonds. The van der Waals surface area contributed by atoms with Crippen molar-refractivity contribution in [3.63, 3.8) is 0 Å². The predicted octanol–water partition coefficient (Wildman–Crippen LogP) is 1.40. The number of carbonyl (C=O) groups is 2. The SMILES string of the molecule is CONC(=O)C(C)Sc1cccnc1SC(C)C(=O)NOC. The van der Waals surface area contributed by atoms with Crippen molar-refractivity contribution in [1.29, 1.82) is 0 Å². The largest absolute Gasteiger partial charge is 0.277 e. The summed E-state index contributed by atoms with van der Waals surface area (Å²) in [4.78, 5) is 37.7. The van der Waals surface area contributed by atoms with Crippen LogP contribution in [0.1, 0.15) is 13.8 Å². The van der Waals surface area contributed by atoms with E-state index in [4.69, 9.17) is 0 Å². The zero-order valence-electron chi connectivity index (χ0n) is 12.8. The summed E-state index contributed by atoms with van der Waals surface area (Å²) in [6.45, 7) is 3.52. The predicted molar refractivity (Wildman–Crippen MR) is 85.2 cm³/mol. The summed E-state index contributed by atoms with van der Waals surface area (Å²) in [6, 6.07) is 3.64. The number of amides is 2. The van der Waals surface area contributed by atoms with Crippen LogP contribution < -0.4 is 11.0 Å². The van der Waals surface area contributed by atoms with Crippen LogP contribution in [0.4, 0.5) is 0 Å². The van der Waals surface area contributed by atoms with Crippen LogP contribution in [0.25, 0.3) is 0 Å². The number of hydrogen-bond donors (Lipinski definition) is 2. The fourth-order valence-electron chi connectivity index (χ4n) is 1.39. The maximum atomic E-state index is 11.7. The Morgan fingerprint density at radius 2 is 1.64 bits per heavy atom. The van der Waals surface area contributed by atoms with Crippen LogP contribution in [0, 0.1) is 0 Å². The minimum Gasteiger partial charge on any atom is -0.277 e. The van der Waals surface area contributed by atoms with Gasteiger partial charge in [0.25, 0.3) is 11.8 Å². The third kappa shape index (κ3) is 5.84. The van der Waals surface area contributed by atoms with Crippen molar-refractivity contribution in [3.8, 4) is 0 Å². The highest BCUT2D eigenvalue weighted by atomic mass is 32.2. The van der Waals surface area contributed by atoms with Gasteiger partial charge in [0.2, 0.25) is 0 Å². The molecule has 1 rings (SSSR count). The lowest BCUT2D eigenvalue weighted by molar-refractivity contribution is -0.131. The fraction of sp³-hybridized carbons (Fsp3) is 0.462. The number of hydroxylamine groups is 2. The first kappa shape index (κ1) is 18.8. The van der Waals surface area contributed by atoms with Gasteiger partial charge in [0.1, 0.15) is 5.03 Å². The lowest BCUT2D eigenvalue weighted by Gasteiger charge is -2.15. The van der Waals surface area contributed by atoms with Crippen LogP contribution in [0.3, 0.4) is 0 Å². The number of rotatable bonds is 8. The van der Waals surface area contributed by atoms with Crippen molar-refractivity contribution < 1.29 is 19.3 Å². The molecular formula is C13H19N3O4S2. The zero-order chi connectivity index (χ0) is 16.5. The molecule has 0 aliphatic carbocycles. The summed E-state index contributed by atoms with van der Waals surface area (Å²) >= 11 is 2.65. The Morgan fingerprint density at radius 3 is 2.18 bits per heavy atom. The maximum absolute atomic E-state index is 11.7. The fourth-order valence-corrected chi connectivity index (χ4v) is 3.32. The molecule has 0 fully saturated rings. The molecule has 1 heterocycles. The van der Waals surface area contributed by atoms with Crippen molar-refractivity contribution >= 4 is 35.3 Å². The molecule has 0 bridgehead atoms. The molecule has 0 aliphatic heterocycles. The van der Waals surface area contributed by atoms with Crippen molar-refractivity contribution in [2.75, 3.05) is 14.2 Å². The Labute approximate surface area is 137 Å². The van der Waals surface area contributed by atoms with Crippen LogP contribution in [0.2, 0.25) is 0 Å². The third-order valence-corrected chi connectivity index (χ3v) is 4.87. The second kappa shape index (κ2) is 9.67. The van der Waals surface area contributed by atoms with E-state index in [-0.39, 0.29) is 22.3 Å². The molecule has 9 heteroatoms. The van der Waals surface area contributed by atoms with E-state index >= 15 is 0 Å². The Hall–Kier alpha value is -1.29. The normalized spacial score (nSPS) is 13.3. The first-order valence-electron chi connectivity index (χ1n) is 6.43. The van der Waals surface area contributed by atoms with E-state index in [2.05, 4.69) is 25.6 Å². The van der Waals surface area contributed by atoms with E-state index in [1.165, 1.54) is 37.7 Å². The Morgan fingerprint density at radius 1 is 1.09 bits per heavy atom. The zero-order valence-corrected chi connectivity index (χ0v) is 14.4. The first-order chi connectivity index (χ1) is 10.5. The van der Waals surface area contributed by atoms with Gasteiger partial charge in [0.05, 0.1) is 24.7 Å². The van der Waals surface area contributed by atoms with Crippen LogP contribution in [0.15, 0.2) is 28.3 Å². The van der Waals surface area contributed by atoms with Gasteiger partial charge >= 0.3 is 0 Å². The number of thioether (sulfide) groups is 2. The highest BCUT2D eigenvalue weighted by Gasteiger charge is 2.20. The van der Waals surface area contributed by atoms with Gasteiger partial charge in [-0.25, -0.2) is 15.9 Å². The van der Waals surface area contributed by atoms with Gasteiger partial charge < -0.3 is 0 Å². The number of nitrogens with one attached hydrogen (secondary N) is 2. The minimum absolute atomic E-state index is 0.238.